The molecule has 2 atom stereocenters. The van der Waals surface area contributed by atoms with Gasteiger partial charge in [0.15, 0.2) is 0 Å². The normalized spacial score (nSPS) is 15.7. The van der Waals surface area contributed by atoms with E-state index < -0.39 is 0 Å². The fraction of sp³-hybridized carbons (Fsp3) is 0.909. The van der Waals surface area contributed by atoms with Crippen LogP contribution in [0.25, 0.3) is 0 Å². The Morgan fingerprint density at radius 1 is 1.33 bits per heavy atom. The number of nitrogens with zero attached hydrogens (tertiary/aromatic N) is 1. The van der Waals surface area contributed by atoms with Gasteiger partial charge in [-0.1, -0.05) is 13.8 Å². The van der Waals surface area contributed by atoms with E-state index in [1.54, 1.807) is 0 Å². The van der Waals surface area contributed by atoms with E-state index in [2.05, 4.69) is 25.7 Å². The molecule has 0 aliphatic carbocycles. The molecule has 0 aromatic heterocycles. The van der Waals surface area contributed by atoms with Gasteiger partial charge >= 0.3 is 0 Å². The number of rotatable bonds is 7. The number of hydrogen-bond acceptors (Lipinski definition) is 3. The van der Waals surface area contributed by atoms with Crippen molar-refractivity contribution in [2.45, 2.75) is 45.7 Å². The minimum Gasteiger partial charge on any atom is -0.370 e. The van der Waals surface area contributed by atoms with Crippen molar-refractivity contribution in [2.75, 3.05) is 13.6 Å². The lowest BCUT2D eigenvalue weighted by Gasteiger charge is -2.32. The molecule has 4 N–H and O–H groups in total. The third-order valence-corrected chi connectivity index (χ3v) is 2.79. The van der Waals surface area contributed by atoms with Crippen LogP contribution in [0.15, 0.2) is 0 Å². The van der Waals surface area contributed by atoms with Crippen LogP contribution in [0.3, 0.4) is 0 Å². The van der Waals surface area contributed by atoms with E-state index in [-0.39, 0.29) is 11.9 Å². The van der Waals surface area contributed by atoms with Crippen LogP contribution in [0.5, 0.6) is 0 Å². The predicted octanol–water partition coefficient (Wildman–Crippen LogP) is 0.556. The lowest BCUT2D eigenvalue weighted by molar-refractivity contribution is -0.119. The Bertz CT molecular complexity index is 194. The highest BCUT2D eigenvalue weighted by atomic mass is 16.1. The van der Waals surface area contributed by atoms with Crippen LogP contribution < -0.4 is 11.5 Å². The summed E-state index contributed by atoms with van der Waals surface area (Å²) in [5, 5.41) is 0. The third kappa shape index (κ3) is 5.74. The van der Waals surface area contributed by atoms with Crippen LogP contribution in [0, 0.1) is 5.92 Å². The van der Waals surface area contributed by atoms with E-state index in [4.69, 9.17) is 11.5 Å². The van der Waals surface area contributed by atoms with E-state index in [0.717, 1.165) is 6.42 Å². The monoisotopic (exact) mass is 215 g/mol. The van der Waals surface area contributed by atoms with Crippen LogP contribution >= 0.6 is 0 Å². The summed E-state index contributed by atoms with van der Waals surface area (Å²) in [5.41, 5.74) is 10.8. The minimum atomic E-state index is -0.283. The summed E-state index contributed by atoms with van der Waals surface area (Å²) >= 11 is 0. The highest BCUT2D eigenvalue weighted by Gasteiger charge is 2.20. The SMILES string of the molecule is CC(C)CC(C)N(C)C(CN)CC(N)=O. The van der Waals surface area contributed by atoms with Crippen LogP contribution in [0.1, 0.15) is 33.6 Å². The van der Waals surface area contributed by atoms with E-state index in [0.29, 0.717) is 24.9 Å². The lowest BCUT2D eigenvalue weighted by atomic mass is 10.0. The first-order valence-electron chi connectivity index (χ1n) is 5.58. The predicted molar refractivity (Wildman–Crippen MR) is 63.3 cm³/mol. The summed E-state index contributed by atoms with van der Waals surface area (Å²) in [6.07, 6.45) is 1.45. The Balaban J connectivity index is 4.23. The Hall–Kier alpha value is -0.610. The van der Waals surface area contributed by atoms with Crippen molar-refractivity contribution < 1.29 is 4.79 Å². The summed E-state index contributed by atoms with van der Waals surface area (Å²) in [7, 11) is 2.01. The Morgan fingerprint density at radius 3 is 2.20 bits per heavy atom. The van der Waals surface area contributed by atoms with Gasteiger partial charge in [0.25, 0.3) is 0 Å². The number of carbonyl (C=O) groups excluding carboxylic acids is 1. The molecule has 4 heteroatoms. The van der Waals surface area contributed by atoms with Gasteiger partial charge in [-0.05, 0) is 26.3 Å². The molecule has 0 saturated heterocycles. The van der Waals surface area contributed by atoms with Gasteiger partial charge in [0.05, 0.1) is 0 Å². The fourth-order valence-electron chi connectivity index (χ4n) is 1.83. The first kappa shape index (κ1) is 14.4. The maximum absolute atomic E-state index is 10.9. The van der Waals surface area contributed by atoms with E-state index in [1.165, 1.54) is 0 Å². The van der Waals surface area contributed by atoms with Crippen molar-refractivity contribution >= 4 is 5.91 Å². The molecule has 0 heterocycles. The van der Waals surface area contributed by atoms with Crippen molar-refractivity contribution in [1.82, 2.24) is 4.90 Å². The molecule has 0 aromatic rings. The first-order valence-corrected chi connectivity index (χ1v) is 5.58. The van der Waals surface area contributed by atoms with Crippen molar-refractivity contribution in [3.05, 3.63) is 0 Å². The van der Waals surface area contributed by atoms with Crippen molar-refractivity contribution in [3.63, 3.8) is 0 Å². The molecule has 15 heavy (non-hydrogen) atoms. The summed E-state index contributed by atoms with van der Waals surface area (Å²) in [6, 6.07) is 0.495. The Labute approximate surface area is 93.0 Å². The number of primary amides is 1. The molecule has 0 radical (unpaired) electrons. The molecule has 0 fully saturated rings. The first-order chi connectivity index (χ1) is 6.88. The number of carbonyl (C=O) groups is 1. The average Bonchev–Trinajstić information content (AvgIpc) is 2.11. The molecule has 0 saturated carbocycles. The number of hydrogen-bond donors (Lipinski definition) is 2. The number of amides is 1. The molecule has 1 amide bonds. The summed E-state index contributed by atoms with van der Waals surface area (Å²) < 4.78 is 0. The van der Waals surface area contributed by atoms with E-state index in [9.17, 15) is 4.79 Å². The van der Waals surface area contributed by atoms with Crippen molar-refractivity contribution in [2.24, 2.45) is 17.4 Å². The molecule has 0 aliphatic rings. The fourth-order valence-corrected chi connectivity index (χ4v) is 1.83. The van der Waals surface area contributed by atoms with E-state index >= 15 is 0 Å². The summed E-state index contributed by atoms with van der Waals surface area (Å²) in [5.74, 6) is 0.364. The second-order valence-corrected chi connectivity index (χ2v) is 4.70. The lowest BCUT2D eigenvalue weighted by Crippen LogP contribution is -2.45. The van der Waals surface area contributed by atoms with Crippen LogP contribution in [0.4, 0.5) is 0 Å². The average molecular weight is 215 g/mol. The van der Waals surface area contributed by atoms with Crippen LogP contribution in [-0.2, 0) is 4.79 Å². The van der Waals surface area contributed by atoms with Crippen molar-refractivity contribution in [3.8, 4) is 0 Å². The highest BCUT2D eigenvalue weighted by Crippen LogP contribution is 2.13. The zero-order valence-corrected chi connectivity index (χ0v) is 10.4. The maximum atomic E-state index is 10.9. The molecule has 0 rings (SSSR count). The molecule has 4 nitrogen and oxygen atoms in total. The van der Waals surface area contributed by atoms with Gasteiger partial charge in [-0.2, -0.15) is 0 Å². The second-order valence-electron chi connectivity index (χ2n) is 4.70. The topological polar surface area (TPSA) is 72.3 Å². The van der Waals surface area contributed by atoms with E-state index in [1.807, 2.05) is 7.05 Å². The third-order valence-electron chi connectivity index (χ3n) is 2.79. The zero-order valence-electron chi connectivity index (χ0n) is 10.4. The smallest absolute Gasteiger partial charge is 0.219 e. The van der Waals surface area contributed by atoms with Gasteiger partial charge in [-0.3, -0.25) is 9.69 Å². The van der Waals surface area contributed by atoms with Crippen LogP contribution in [0.2, 0.25) is 0 Å². The molecule has 0 bridgehead atoms. The quantitative estimate of drug-likeness (QED) is 0.651. The molecule has 90 valence electrons. The van der Waals surface area contributed by atoms with Gasteiger partial charge in [0.1, 0.15) is 0 Å². The minimum absolute atomic E-state index is 0.0660. The molecular weight excluding hydrogens is 190 g/mol. The van der Waals surface area contributed by atoms with Gasteiger partial charge in [0.2, 0.25) is 5.91 Å². The van der Waals surface area contributed by atoms with Crippen molar-refractivity contribution in [1.29, 1.82) is 0 Å². The molecule has 0 aromatic carbocycles. The Kier molecular flexibility index (Phi) is 6.52. The maximum Gasteiger partial charge on any atom is 0.219 e. The van der Waals surface area contributed by atoms with Gasteiger partial charge in [-0.15, -0.1) is 0 Å². The molecular formula is C11H25N3O. The molecule has 0 spiro atoms. The van der Waals surface area contributed by atoms with Gasteiger partial charge in [0, 0.05) is 25.0 Å². The molecule has 0 aliphatic heterocycles. The Morgan fingerprint density at radius 2 is 1.87 bits per heavy atom. The van der Waals surface area contributed by atoms with Crippen LogP contribution in [-0.4, -0.2) is 36.5 Å². The van der Waals surface area contributed by atoms with Gasteiger partial charge < -0.3 is 11.5 Å². The highest BCUT2D eigenvalue weighted by molar-refractivity contribution is 5.74. The molecule has 2 unspecified atom stereocenters. The summed E-state index contributed by atoms with van der Waals surface area (Å²) in [4.78, 5) is 13.0. The number of likely N-dealkylation sites (N-methyl/N-ethyl adjacent to an activating group) is 1. The zero-order chi connectivity index (χ0) is 12.0. The standard InChI is InChI=1S/C11H25N3O/c1-8(2)5-9(3)14(4)10(7-12)6-11(13)15/h8-10H,5-7,12H2,1-4H3,(H2,13,15). The number of nitrogens with two attached hydrogens (primary N) is 2. The van der Waals surface area contributed by atoms with Gasteiger partial charge in [-0.25, -0.2) is 0 Å². The second kappa shape index (κ2) is 6.80. The largest absolute Gasteiger partial charge is 0.370 e. The summed E-state index contributed by atoms with van der Waals surface area (Å²) in [6.45, 7) is 7.01.